The van der Waals surface area contributed by atoms with Gasteiger partial charge in [-0.25, -0.2) is 4.79 Å². The number of benzene rings is 2. The lowest BCUT2D eigenvalue weighted by Gasteiger charge is -2.14. The molecule has 0 N–H and O–H groups in total. The fourth-order valence-corrected chi connectivity index (χ4v) is 4.18. The van der Waals surface area contributed by atoms with Gasteiger partial charge in [-0.15, -0.1) is 0 Å². The molecule has 0 aromatic heterocycles. The summed E-state index contributed by atoms with van der Waals surface area (Å²) < 4.78 is 11.1. The Bertz CT molecular complexity index is 820. The van der Waals surface area contributed by atoms with Gasteiger partial charge < -0.3 is 9.47 Å². The van der Waals surface area contributed by atoms with E-state index in [1.165, 1.54) is 51.4 Å². The minimum atomic E-state index is -0.635. The fourth-order valence-electron chi connectivity index (χ4n) is 3.70. The van der Waals surface area contributed by atoms with Gasteiger partial charge in [-0.05, 0) is 55.2 Å². The van der Waals surface area contributed by atoms with Crippen LogP contribution in [0.3, 0.4) is 0 Å². The maximum Gasteiger partial charge on any atom is 0.347 e. The minimum Gasteiger partial charge on any atom is -0.479 e. The molecule has 0 bridgehead atoms. The molecule has 5 heteroatoms. The van der Waals surface area contributed by atoms with E-state index in [9.17, 15) is 4.79 Å². The summed E-state index contributed by atoms with van der Waals surface area (Å²) in [5, 5.41) is 1.28. The summed E-state index contributed by atoms with van der Waals surface area (Å²) in [6.07, 6.45) is 12.6. The van der Waals surface area contributed by atoms with E-state index in [0.29, 0.717) is 28.8 Å². The van der Waals surface area contributed by atoms with Crippen molar-refractivity contribution >= 4 is 29.2 Å². The third-order valence-electron chi connectivity index (χ3n) is 5.72. The number of ether oxygens (including phenoxy) is 2. The molecular formula is C28H38Cl2O3. The standard InChI is InChI=1S/C28H38Cl2O3/c1-3-4-5-6-7-8-9-10-11-12-19-32-28(31)22(2)33-26-17-13-23(14-18-26)20-24-15-16-25(29)21-27(24)30/h13-18,21-22H,3-12,19-20H2,1-2H3. The van der Waals surface area contributed by atoms with Gasteiger partial charge in [-0.2, -0.15) is 0 Å². The van der Waals surface area contributed by atoms with Crippen molar-refractivity contribution < 1.29 is 14.3 Å². The SMILES string of the molecule is CCCCCCCCCCCCOC(=O)C(C)Oc1ccc(Cc2ccc(Cl)cc2Cl)cc1. The largest absolute Gasteiger partial charge is 0.479 e. The number of carbonyl (C=O) groups is 1. The van der Waals surface area contributed by atoms with Crippen LogP contribution < -0.4 is 4.74 Å². The van der Waals surface area contributed by atoms with E-state index in [2.05, 4.69) is 6.92 Å². The highest BCUT2D eigenvalue weighted by molar-refractivity contribution is 6.35. The van der Waals surface area contributed by atoms with Crippen LogP contribution in [0.25, 0.3) is 0 Å². The van der Waals surface area contributed by atoms with E-state index < -0.39 is 6.10 Å². The second-order valence-corrected chi connectivity index (χ2v) is 9.51. The Morgan fingerprint density at radius 2 is 1.45 bits per heavy atom. The first-order valence-electron chi connectivity index (χ1n) is 12.4. The van der Waals surface area contributed by atoms with E-state index in [1.807, 2.05) is 36.4 Å². The van der Waals surface area contributed by atoms with Crippen molar-refractivity contribution in [2.24, 2.45) is 0 Å². The highest BCUT2D eigenvalue weighted by atomic mass is 35.5. The molecule has 0 saturated heterocycles. The van der Waals surface area contributed by atoms with Crippen LogP contribution >= 0.6 is 23.2 Å². The van der Waals surface area contributed by atoms with Gasteiger partial charge in [0.15, 0.2) is 6.10 Å². The Morgan fingerprint density at radius 1 is 0.848 bits per heavy atom. The topological polar surface area (TPSA) is 35.5 Å². The maximum absolute atomic E-state index is 12.2. The van der Waals surface area contributed by atoms with E-state index >= 15 is 0 Å². The lowest BCUT2D eigenvalue weighted by Crippen LogP contribution is -2.26. The summed E-state index contributed by atoms with van der Waals surface area (Å²) in [6.45, 7) is 4.43. The van der Waals surface area contributed by atoms with Crippen LogP contribution in [0.1, 0.15) is 89.2 Å². The highest BCUT2D eigenvalue weighted by Crippen LogP contribution is 2.24. The molecule has 1 atom stereocenters. The average molecular weight is 494 g/mol. The first-order valence-corrected chi connectivity index (χ1v) is 13.1. The second kappa shape index (κ2) is 16.0. The Hall–Kier alpha value is -1.71. The number of hydrogen-bond donors (Lipinski definition) is 0. The van der Waals surface area contributed by atoms with E-state index in [4.69, 9.17) is 32.7 Å². The Kier molecular flexibility index (Phi) is 13.4. The molecule has 0 aliphatic heterocycles. The molecule has 2 aromatic rings. The summed E-state index contributed by atoms with van der Waals surface area (Å²) in [6, 6.07) is 13.2. The third-order valence-corrected chi connectivity index (χ3v) is 6.31. The Morgan fingerprint density at radius 3 is 2.06 bits per heavy atom. The van der Waals surface area contributed by atoms with Crippen LogP contribution in [0.2, 0.25) is 10.0 Å². The predicted molar refractivity (Wildman–Crippen MR) is 139 cm³/mol. The van der Waals surface area contributed by atoms with E-state index in [-0.39, 0.29) is 5.97 Å². The molecule has 3 nitrogen and oxygen atoms in total. The molecule has 0 aliphatic rings. The van der Waals surface area contributed by atoms with Crippen molar-refractivity contribution in [3.63, 3.8) is 0 Å². The van der Waals surface area contributed by atoms with Crippen molar-refractivity contribution in [3.8, 4) is 5.75 Å². The van der Waals surface area contributed by atoms with Crippen LogP contribution in [-0.4, -0.2) is 18.7 Å². The van der Waals surface area contributed by atoms with Gasteiger partial charge in [0, 0.05) is 10.0 Å². The molecule has 0 radical (unpaired) electrons. The first kappa shape index (κ1) is 27.5. The smallest absolute Gasteiger partial charge is 0.347 e. The second-order valence-electron chi connectivity index (χ2n) is 8.67. The molecule has 182 valence electrons. The van der Waals surface area contributed by atoms with E-state index in [0.717, 1.165) is 24.0 Å². The highest BCUT2D eigenvalue weighted by Gasteiger charge is 2.16. The monoisotopic (exact) mass is 492 g/mol. The number of hydrogen-bond acceptors (Lipinski definition) is 3. The number of halogens is 2. The van der Waals surface area contributed by atoms with Crippen molar-refractivity contribution in [2.45, 2.75) is 90.6 Å². The fraction of sp³-hybridized carbons (Fsp3) is 0.536. The van der Waals surface area contributed by atoms with Gasteiger partial charge in [-0.1, -0.05) is 106 Å². The van der Waals surface area contributed by atoms with Crippen molar-refractivity contribution in [1.29, 1.82) is 0 Å². The number of esters is 1. The van der Waals surface area contributed by atoms with Crippen LogP contribution in [0.5, 0.6) is 5.75 Å². The predicted octanol–water partition coefficient (Wildman–Crippen LogP) is 8.82. The molecule has 2 aromatic carbocycles. The summed E-state index contributed by atoms with van der Waals surface area (Å²) in [7, 11) is 0. The van der Waals surface area contributed by atoms with Gasteiger partial charge in [0.1, 0.15) is 5.75 Å². The average Bonchev–Trinajstić information content (AvgIpc) is 2.80. The quantitative estimate of drug-likeness (QED) is 0.173. The Balaban J connectivity index is 1.60. The molecule has 0 heterocycles. The van der Waals surface area contributed by atoms with E-state index in [1.54, 1.807) is 13.0 Å². The summed E-state index contributed by atoms with van der Waals surface area (Å²) in [4.78, 5) is 12.2. The van der Waals surface area contributed by atoms with Crippen LogP contribution in [0.15, 0.2) is 42.5 Å². The van der Waals surface area contributed by atoms with Crippen LogP contribution in [-0.2, 0) is 16.0 Å². The first-order chi connectivity index (χ1) is 16.0. The lowest BCUT2D eigenvalue weighted by molar-refractivity contribution is -0.151. The van der Waals surface area contributed by atoms with Crippen molar-refractivity contribution in [1.82, 2.24) is 0 Å². The van der Waals surface area contributed by atoms with Gasteiger partial charge in [-0.3, -0.25) is 0 Å². The van der Waals surface area contributed by atoms with Crippen LogP contribution in [0.4, 0.5) is 0 Å². The molecule has 0 aliphatic carbocycles. The minimum absolute atomic E-state index is 0.317. The molecular weight excluding hydrogens is 455 g/mol. The summed E-state index contributed by atoms with van der Waals surface area (Å²) in [5.41, 5.74) is 2.11. The normalized spacial score (nSPS) is 11.9. The maximum atomic E-state index is 12.2. The summed E-state index contributed by atoms with van der Waals surface area (Å²) in [5.74, 6) is 0.326. The zero-order valence-electron chi connectivity index (χ0n) is 20.1. The zero-order chi connectivity index (χ0) is 23.9. The molecule has 2 rings (SSSR count). The molecule has 33 heavy (non-hydrogen) atoms. The molecule has 0 saturated carbocycles. The number of unbranched alkanes of at least 4 members (excludes halogenated alkanes) is 9. The third kappa shape index (κ3) is 11.3. The summed E-state index contributed by atoms with van der Waals surface area (Å²) >= 11 is 12.2. The zero-order valence-corrected chi connectivity index (χ0v) is 21.6. The van der Waals surface area contributed by atoms with Gasteiger partial charge in [0.05, 0.1) is 6.61 Å². The van der Waals surface area contributed by atoms with Crippen molar-refractivity contribution in [3.05, 3.63) is 63.6 Å². The number of rotatable bonds is 16. The van der Waals surface area contributed by atoms with Gasteiger partial charge in [0.2, 0.25) is 0 Å². The van der Waals surface area contributed by atoms with Gasteiger partial charge >= 0.3 is 5.97 Å². The number of carbonyl (C=O) groups excluding carboxylic acids is 1. The molecule has 0 spiro atoms. The van der Waals surface area contributed by atoms with Crippen molar-refractivity contribution in [2.75, 3.05) is 6.61 Å². The molecule has 0 amide bonds. The molecule has 0 fully saturated rings. The van der Waals surface area contributed by atoms with Crippen LogP contribution in [0, 0.1) is 0 Å². The molecule has 1 unspecified atom stereocenters. The Labute approximate surface area is 209 Å². The lowest BCUT2D eigenvalue weighted by atomic mass is 10.0. The van der Waals surface area contributed by atoms with Gasteiger partial charge in [0.25, 0.3) is 0 Å².